The lowest BCUT2D eigenvalue weighted by molar-refractivity contribution is -0.135. The van der Waals surface area contributed by atoms with Gasteiger partial charge in [0.2, 0.25) is 11.8 Å². The molecule has 2 aliphatic rings. The lowest BCUT2D eigenvalue weighted by Gasteiger charge is -2.37. The van der Waals surface area contributed by atoms with Crippen molar-refractivity contribution in [3.63, 3.8) is 0 Å². The van der Waals surface area contributed by atoms with Crippen LogP contribution in [-0.4, -0.2) is 59.6 Å². The molecule has 3 atom stereocenters. The molecule has 0 saturated carbocycles. The van der Waals surface area contributed by atoms with Crippen molar-refractivity contribution in [2.24, 2.45) is 0 Å². The van der Waals surface area contributed by atoms with Gasteiger partial charge in [-0.1, -0.05) is 35.5 Å². The summed E-state index contributed by atoms with van der Waals surface area (Å²) in [7, 11) is 3.95. The molecule has 2 aromatic rings. The van der Waals surface area contributed by atoms with Crippen molar-refractivity contribution in [3.8, 4) is 0 Å². The van der Waals surface area contributed by atoms with Crippen molar-refractivity contribution < 1.29 is 9.32 Å². The molecule has 3 unspecified atom stereocenters. The lowest BCUT2D eigenvalue weighted by Crippen LogP contribution is -2.44. The number of piperazine rings is 1. The number of carbonyl (C=O) groups excluding carboxylic acids is 1. The first kappa shape index (κ1) is 17.2. The van der Waals surface area contributed by atoms with Crippen LogP contribution in [0.15, 0.2) is 34.9 Å². The smallest absolute Gasteiger partial charge is 0.232 e. The fourth-order valence-electron chi connectivity index (χ4n) is 4.03. The van der Waals surface area contributed by atoms with Crippen LogP contribution < -0.4 is 5.32 Å². The first-order valence-corrected chi connectivity index (χ1v) is 9.20. The van der Waals surface area contributed by atoms with Crippen molar-refractivity contribution in [2.45, 2.75) is 30.8 Å². The van der Waals surface area contributed by atoms with Gasteiger partial charge in [-0.2, -0.15) is 4.98 Å². The highest BCUT2D eigenvalue weighted by molar-refractivity contribution is 5.77. The Bertz CT molecular complexity index is 762. The minimum atomic E-state index is -0.0760. The van der Waals surface area contributed by atoms with Gasteiger partial charge < -0.3 is 14.7 Å². The minimum absolute atomic E-state index is 0.0169. The van der Waals surface area contributed by atoms with Gasteiger partial charge >= 0.3 is 0 Å². The molecule has 0 aliphatic carbocycles. The summed E-state index contributed by atoms with van der Waals surface area (Å²) in [4.78, 5) is 21.1. The number of likely N-dealkylation sites (tertiary alicyclic amines) is 1. The SMILES string of the molecule is CN1CCNCC1c1noc(C2CCC(=O)N(C)C2c2ccccc2)n1. The molecule has 0 radical (unpaired) electrons. The first-order valence-electron chi connectivity index (χ1n) is 9.20. The van der Waals surface area contributed by atoms with E-state index in [0.717, 1.165) is 37.4 Å². The zero-order valence-corrected chi connectivity index (χ0v) is 15.3. The molecule has 2 aliphatic heterocycles. The number of nitrogens with zero attached hydrogens (tertiary/aromatic N) is 4. The second-order valence-electron chi connectivity index (χ2n) is 7.20. The average Bonchev–Trinajstić information content (AvgIpc) is 3.14. The van der Waals surface area contributed by atoms with E-state index in [1.165, 1.54) is 0 Å². The summed E-state index contributed by atoms with van der Waals surface area (Å²) in [5, 5.41) is 7.65. The van der Waals surface area contributed by atoms with Crippen molar-refractivity contribution in [3.05, 3.63) is 47.6 Å². The minimum Gasteiger partial charge on any atom is -0.339 e. The van der Waals surface area contributed by atoms with Crippen molar-refractivity contribution in [1.29, 1.82) is 0 Å². The van der Waals surface area contributed by atoms with Crippen LogP contribution in [0.25, 0.3) is 0 Å². The van der Waals surface area contributed by atoms with E-state index in [9.17, 15) is 4.79 Å². The Balaban J connectivity index is 1.64. The van der Waals surface area contributed by atoms with E-state index in [1.807, 2.05) is 30.1 Å². The highest BCUT2D eigenvalue weighted by atomic mass is 16.5. The van der Waals surface area contributed by atoms with Gasteiger partial charge in [-0.3, -0.25) is 9.69 Å². The number of likely N-dealkylation sites (N-methyl/N-ethyl adjacent to an activating group) is 2. The fraction of sp³-hybridized carbons (Fsp3) is 0.526. The predicted molar refractivity (Wildman–Crippen MR) is 96.5 cm³/mol. The van der Waals surface area contributed by atoms with Gasteiger partial charge in [0.1, 0.15) is 0 Å². The monoisotopic (exact) mass is 355 g/mol. The third kappa shape index (κ3) is 3.12. The molecule has 1 amide bonds. The molecule has 1 N–H and O–H groups in total. The third-order valence-corrected chi connectivity index (χ3v) is 5.59. The van der Waals surface area contributed by atoms with E-state index < -0.39 is 0 Å². The van der Waals surface area contributed by atoms with Crippen LogP contribution in [0.5, 0.6) is 0 Å². The standard InChI is InChI=1S/C19H25N5O2/c1-23-11-10-20-12-15(23)18-21-19(26-22-18)14-8-9-16(25)24(2)17(14)13-6-4-3-5-7-13/h3-7,14-15,17,20H,8-12H2,1-2H3. The molecular weight excluding hydrogens is 330 g/mol. The van der Waals surface area contributed by atoms with Crippen LogP contribution >= 0.6 is 0 Å². The molecule has 0 bridgehead atoms. The summed E-state index contributed by atoms with van der Waals surface area (Å²) in [5.74, 6) is 1.53. The summed E-state index contributed by atoms with van der Waals surface area (Å²) >= 11 is 0. The maximum absolute atomic E-state index is 12.3. The second kappa shape index (κ2) is 7.17. The number of rotatable bonds is 3. The normalized spacial score (nSPS) is 27.7. The quantitative estimate of drug-likeness (QED) is 0.904. The summed E-state index contributed by atoms with van der Waals surface area (Å²) in [6.07, 6.45) is 1.23. The van der Waals surface area contributed by atoms with Crippen molar-refractivity contribution >= 4 is 5.91 Å². The molecule has 7 nitrogen and oxygen atoms in total. The number of hydrogen-bond acceptors (Lipinski definition) is 6. The zero-order valence-electron chi connectivity index (χ0n) is 15.3. The Morgan fingerprint density at radius 2 is 2.04 bits per heavy atom. The number of amides is 1. The maximum Gasteiger partial charge on any atom is 0.232 e. The van der Waals surface area contributed by atoms with Gasteiger partial charge in [0, 0.05) is 33.1 Å². The molecule has 1 aromatic carbocycles. The van der Waals surface area contributed by atoms with E-state index in [0.29, 0.717) is 12.3 Å². The highest BCUT2D eigenvalue weighted by Gasteiger charge is 2.39. The number of nitrogens with one attached hydrogen (secondary N) is 1. The number of carbonyl (C=O) groups is 1. The van der Waals surface area contributed by atoms with Crippen molar-refractivity contribution in [2.75, 3.05) is 33.7 Å². The zero-order chi connectivity index (χ0) is 18.1. The molecule has 26 heavy (non-hydrogen) atoms. The largest absolute Gasteiger partial charge is 0.339 e. The van der Waals surface area contributed by atoms with Gasteiger partial charge in [-0.05, 0) is 19.0 Å². The van der Waals surface area contributed by atoms with Gasteiger partial charge in [0.15, 0.2) is 5.82 Å². The summed E-state index contributed by atoms with van der Waals surface area (Å²) in [6, 6.07) is 10.2. The molecule has 0 spiro atoms. The number of aromatic nitrogens is 2. The first-order chi connectivity index (χ1) is 12.6. The molecule has 2 saturated heterocycles. The third-order valence-electron chi connectivity index (χ3n) is 5.59. The van der Waals surface area contributed by atoms with E-state index in [-0.39, 0.29) is 23.9 Å². The Kier molecular flexibility index (Phi) is 4.74. The van der Waals surface area contributed by atoms with Gasteiger partial charge in [-0.25, -0.2) is 0 Å². The van der Waals surface area contributed by atoms with Gasteiger partial charge in [-0.15, -0.1) is 0 Å². The van der Waals surface area contributed by atoms with E-state index in [1.54, 1.807) is 0 Å². The Morgan fingerprint density at radius 3 is 2.81 bits per heavy atom. The predicted octanol–water partition coefficient (Wildman–Crippen LogP) is 1.72. The van der Waals surface area contributed by atoms with E-state index in [4.69, 9.17) is 9.51 Å². The topological polar surface area (TPSA) is 74.5 Å². The molecule has 2 fully saturated rings. The number of piperidine rings is 1. The summed E-state index contributed by atoms with van der Waals surface area (Å²) in [5.41, 5.74) is 1.10. The second-order valence-corrected chi connectivity index (χ2v) is 7.20. The summed E-state index contributed by atoms with van der Waals surface area (Å²) in [6.45, 7) is 2.76. The lowest BCUT2D eigenvalue weighted by atomic mass is 9.84. The van der Waals surface area contributed by atoms with E-state index >= 15 is 0 Å². The van der Waals surface area contributed by atoms with Gasteiger partial charge in [0.25, 0.3) is 0 Å². The Hall–Kier alpha value is -2.25. The number of benzene rings is 1. The summed E-state index contributed by atoms with van der Waals surface area (Å²) < 4.78 is 5.69. The Morgan fingerprint density at radius 1 is 1.23 bits per heavy atom. The van der Waals surface area contributed by atoms with Gasteiger partial charge in [0.05, 0.1) is 18.0 Å². The molecule has 138 valence electrons. The van der Waals surface area contributed by atoms with E-state index in [2.05, 4.69) is 34.6 Å². The molecule has 4 rings (SSSR count). The fourth-order valence-corrected chi connectivity index (χ4v) is 4.03. The molecule has 7 heteroatoms. The van der Waals surface area contributed by atoms with Crippen LogP contribution in [0.4, 0.5) is 0 Å². The van der Waals surface area contributed by atoms with Crippen molar-refractivity contribution in [1.82, 2.24) is 25.3 Å². The van der Waals surface area contributed by atoms with Crippen LogP contribution in [-0.2, 0) is 4.79 Å². The van der Waals surface area contributed by atoms with Crippen LogP contribution in [0, 0.1) is 0 Å². The number of hydrogen-bond donors (Lipinski definition) is 1. The molecular formula is C19H25N5O2. The van der Waals surface area contributed by atoms with Crippen LogP contribution in [0.2, 0.25) is 0 Å². The highest BCUT2D eigenvalue weighted by Crippen LogP contribution is 2.41. The maximum atomic E-state index is 12.3. The Labute approximate surface area is 153 Å². The average molecular weight is 355 g/mol. The van der Waals surface area contributed by atoms with Crippen LogP contribution in [0.3, 0.4) is 0 Å². The molecule has 3 heterocycles. The molecule has 1 aromatic heterocycles. The van der Waals surface area contributed by atoms with Crippen LogP contribution in [0.1, 0.15) is 48.1 Å².